The van der Waals surface area contributed by atoms with Crippen molar-refractivity contribution >= 4 is 31.6 Å². The molecule has 108 valence electrons. The van der Waals surface area contributed by atoms with Crippen LogP contribution < -0.4 is 5.73 Å². The largest absolute Gasteiger partial charge is 0.398 e. The molecule has 0 heterocycles. The topological polar surface area (TPSA) is 92.9 Å². The highest BCUT2D eigenvalue weighted by Crippen LogP contribution is 2.25. The number of benzene rings is 1. The van der Waals surface area contributed by atoms with Gasteiger partial charge in [0.05, 0.1) is 18.1 Å². The van der Waals surface area contributed by atoms with Gasteiger partial charge in [-0.1, -0.05) is 0 Å². The van der Waals surface area contributed by atoms with Gasteiger partial charge < -0.3 is 15.6 Å². The molecule has 0 fully saturated rings. The van der Waals surface area contributed by atoms with Crippen LogP contribution in [0.2, 0.25) is 0 Å². The second-order valence-corrected chi connectivity index (χ2v) is 6.60. The summed E-state index contributed by atoms with van der Waals surface area (Å²) in [6, 6.07) is 4.40. The number of nitrogens with zero attached hydrogens (tertiary/aromatic N) is 1. The average Bonchev–Trinajstić information content (AvgIpc) is 2.37. The van der Waals surface area contributed by atoms with Crippen molar-refractivity contribution in [1.29, 1.82) is 0 Å². The molecule has 19 heavy (non-hydrogen) atoms. The van der Waals surface area contributed by atoms with Gasteiger partial charge >= 0.3 is 0 Å². The average molecular weight is 353 g/mol. The van der Waals surface area contributed by atoms with E-state index in [1.807, 2.05) is 0 Å². The van der Waals surface area contributed by atoms with E-state index in [0.717, 1.165) is 0 Å². The van der Waals surface area contributed by atoms with E-state index in [4.69, 9.17) is 15.6 Å². The van der Waals surface area contributed by atoms with E-state index in [0.29, 0.717) is 10.2 Å². The summed E-state index contributed by atoms with van der Waals surface area (Å²) in [7, 11) is -2.18. The van der Waals surface area contributed by atoms with Crippen LogP contribution in [-0.4, -0.2) is 51.2 Å². The third kappa shape index (κ3) is 4.15. The molecule has 0 aliphatic rings. The van der Waals surface area contributed by atoms with Crippen LogP contribution in [-0.2, 0) is 14.8 Å². The molecule has 0 bridgehead atoms. The predicted molar refractivity (Wildman–Crippen MR) is 76.3 cm³/mol. The Kier molecular flexibility index (Phi) is 6.21. The first-order chi connectivity index (χ1) is 8.93. The van der Waals surface area contributed by atoms with Gasteiger partial charge in [0.2, 0.25) is 10.0 Å². The van der Waals surface area contributed by atoms with Crippen LogP contribution in [0.15, 0.2) is 27.6 Å². The Morgan fingerprint density at radius 2 is 2.11 bits per heavy atom. The summed E-state index contributed by atoms with van der Waals surface area (Å²) in [5.74, 6) is 0. The van der Waals surface area contributed by atoms with Crippen LogP contribution in [0.5, 0.6) is 0 Å². The number of methoxy groups -OCH3 is 1. The zero-order chi connectivity index (χ0) is 14.5. The Bertz CT molecular complexity index is 521. The van der Waals surface area contributed by atoms with E-state index in [2.05, 4.69) is 15.9 Å². The van der Waals surface area contributed by atoms with E-state index in [9.17, 15) is 8.42 Å². The maximum atomic E-state index is 12.4. The fourth-order valence-corrected chi connectivity index (χ4v) is 3.45. The van der Waals surface area contributed by atoms with Crippen molar-refractivity contribution < 1.29 is 18.3 Å². The molecule has 6 nitrogen and oxygen atoms in total. The monoisotopic (exact) mass is 352 g/mol. The lowest BCUT2D eigenvalue weighted by molar-refractivity contribution is 0.168. The highest BCUT2D eigenvalue weighted by atomic mass is 79.9. The van der Waals surface area contributed by atoms with Gasteiger partial charge in [-0.15, -0.1) is 0 Å². The van der Waals surface area contributed by atoms with E-state index in [-0.39, 0.29) is 31.2 Å². The number of nitrogen functional groups attached to an aromatic ring is 1. The molecule has 0 aliphatic carbocycles. The molecule has 0 atom stereocenters. The number of sulfonamides is 1. The van der Waals surface area contributed by atoms with Crippen molar-refractivity contribution in [3.8, 4) is 0 Å². The summed E-state index contributed by atoms with van der Waals surface area (Å²) in [5.41, 5.74) is 6.09. The summed E-state index contributed by atoms with van der Waals surface area (Å²) in [6.07, 6.45) is 0. The first-order valence-electron chi connectivity index (χ1n) is 5.58. The van der Waals surface area contributed by atoms with Gasteiger partial charge in [-0.25, -0.2) is 8.42 Å². The standard InChI is InChI=1S/C11H17BrN2O4S/c1-18-7-5-14(4-6-15)19(16,17)9-2-3-11(13)10(12)8-9/h2-3,8,15H,4-7,13H2,1H3. The summed E-state index contributed by atoms with van der Waals surface area (Å²) in [4.78, 5) is 0.123. The summed E-state index contributed by atoms with van der Waals surface area (Å²) >= 11 is 3.20. The highest BCUT2D eigenvalue weighted by Gasteiger charge is 2.24. The zero-order valence-electron chi connectivity index (χ0n) is 10.5. The molecule has 0 unspecified atom stereocenters. The first-order valence-corrected chi connectivity index (χ1v) is 7.81. The second-order valence-electron chi connectivity index (χ2n) is 3.80. The lowest BCUT2D eigenvalue weighted by Crippen LogP contribution is -2.36. The van der Waals surface area contributed by atoms with E-state index in [1.165, 1.54) is 29.6 Å². The Morgan fingerprint density at radius 1 is 1.42 bits per heavy atom. The van der Waals surface area contributed by atoms with Crippen LogP contribution in [0, 0.1) is 0 Å². The van der Waals surface area contributed by atoms with Gasteiger partial charge in [0.1, 0.15) is 0 Å². The zero-order valence-corrected chi connectivity index (χ0v) is 12.9. The van der Waals surface area contributed by atoms with E-state index in [1.54, 1.807) is 0 Å². The van der Waals surface area contributed by atoms with Crippen LogP contribution in [0.3, 0.4) is 0 Å². The van der Waals surface area contributed by atoms with Crippen molar-refractivity contribution in [1.82, 2.24) is 4.31 Å². The van der Waals surface area contributed by atoms with Crippen LogP contribution in [0.25, 0.3) is 0 Å². The molecule has 0 saturated carbocycles. The molecule has 0 aliphatic heterocycles. The third-order valence-corrected chi connectivity index (χ3v) is 5.09. The Morgan fingerprint density at radius 3 is 2.63 bits per heavy atom. The predicted octanol–water partition coefficient (Wildman–Crippen LogP) is 0.661. The lowest BCUT2D eigenvalue weighted by atomic mass is 10.3. The molecule has 0 saturated heterocycles. The molecule has 1 rings (SSSR count). The molecule has 1 aromatic carbocycles. The van der Waals surface area contributed by atoms with Gasteiger partial charge in [0.15, 0.2) is 0 Å². The quantitative estimate of drug-likeness (QED) is 0.703. The molecule has 0 amide bonds. The third-order valence-electron chi connectivity index (χ3n) is 2.50. The first kappa shape index (κ1) is 16.4. The molecule has 3 N–H and O–H groups in total. The number of rotatable bonds is 7. The summed E-state index contributed by atoms with van der Waals surface area (Å²) < 4.78 is 31.3. The summed E-state index contributed by atoms with van der Waals surface area (Å²) in [6.45, 7) is 0.212. The number of ether oxygens (including phenoxy) is 1. The van der Waals surface area contributed by atoms with E-state index < -0.39 is 10.0 Å². The number of nitrogens with two attached hydrogens (primary N) is 1. The second kappa shape index (κ2) is 7.20. The molecule has 8 heteroatoms. The highest BCUT2D eigenvalue weighted by molar-refractivity contribution is 9.10. The number of hydrogen-bond acceptors (Lipinski definition) is 5. The number of aliphatic hydroxyl groups excluding tert-OH is 1. The van der Waals surface area contributed by atoms with E-state index >= 15 is 0 Å². The Balaban J connectivity index is 3.07. The van der Waals surface area contributed by atoms with Crippen molar-refractivity contribution in [3.63, 3.8) is 0 Å². The molecular weight excluding hydrogens is 336 g/mol. The number of aliphatic hydroxyl groups is 1. The molecule has 0 aromatic heterocycles. The van der Waals surface area contributed by atoms with Crippen molar-refractivity contribution in [3.05, 3.63) is 22.7 Å². The fourth-order valence-electron chi connectivity index (χ4n) is 1.47. The minimum absolute atomic E-state index is 0.0215. The smallest absolute Gasteiger partial charge is 0.243 e. The van der Waals surface area contributed by atoms with Crippen LogP contribution in [0.4, 0.5) is 5.69 Å². The minimum Gasteiger partial charge on any atom is -0.398 e. The fraction of sp³-hybridized carbons (Fsp3) is 0.455. The minimum atomic E-state index is -3.67. The van der Waals surface area contributed by atoms with Gasteiger partial charge in [-0.05, 0) is 34.1 Å². The maximum absolute atomic E-state index is 12.4. The summed E-state index contributed by atoms with van der Waals surface area (Å²) in [5, 5.41) is 8.97. The van der Waals surface area contributed by atoms with Crippen molar-refractivity contribution in [2.75, 3.05) is 39.1 Å². The maximum Gasteiger partial charge on any atom is 0.243 e. The lowest BCUT2D eigenvalue weighted by Gasteiger charge is -2.21. The number of hydrogen-bond donors (Lipinski definition) is 2. The molecule has 1 aromatic rings. The van der Waals surface area contributed by atoms with Gasteiger partial charge in [-0.2, -0.15) is 4.31 Å². The van der Waals surface area contributed by atoms with Crippen LogP contribution in [0.1, 0.15) is 0 Å². The molecule has 0 spiro atoms. The SMILES string of the molecule is COCCN(CCO)S(=O)(=O)c1ccc(N)c(Br)c1. The van der Waals surface area contributed by atoms with Crippen LogP contribution >= 0.6 is 15.9 Å². The Hall–Kier alpha value is -0.670. The normalized spacial score (nSPS) is 12.0. The van der Waals surface area contributed by atoms with Crippen molar-refractivity contribution in [2.24, 2.45) is 0 Å². The van der Waals surface area contributed by atoms with Crippen molar-refractivity contribution in [2.45, 2.75) is 4.90 Å². The molecular formula is C11H17BrN2O4S. The number of halogens is 1. The Labute approximate surface area is 121 Å². The van der Waals surface area contributed by atoms with Gasteiger partial charge in [0, 0.05) is 30.4 Å². The van der Waals surface area contributed by atoms with Gasteiger partial charge in [-0.3, -0.25) is 0 Å². The van der Waals surface area contributed by atoms with Gasteiger partial charge in [0.25, 0.3) is 0 Å². The molecule has 0 radical (unpaired) electrons. The number of anilines is 1.